The molecule has 1 aromatic rings. The summed E-state index contributed by atoms with van der Waals surface area (Å²) in [4.78, 5) is 11.7. The summed E-state index contributed by atoms with van der Waals surface area (Å²) in [5.41, 5.74) is 1.79. The molecule has 1 rings (SSSR count). The number of nitriles is 1. The molecule has 1 atom stereocenters. The third-order valence-corrected chi connectivity index (χ3v) is 2.37. The number of nitrogens with one attached hydrogen (secondary N) is 2. The minimum Gasteiger partial charge on any atom is -0.351 e. The van der Waals surface area contributed by atoms with Crippen LogP contribution in [0.1, 0.15) is 22.8 Å². The van der Waals surface area contributed by atoms with E-state index in [0.717, 1.165) is 5.56 Å². The third kappa shape index (κ3) is 4.66. The zero-order valence-electron chi connectivity index (χ0n) is 10.2. The van der Waals surface area contributed by atoms with Crippen molar-refractivity contribution >= 4 is 5.91 Å². The summed E-state index contributed by atoms with van der Waals surface area (Å²) in [6.07, 6.45) is 0. The topological polar surface area (TPSA) is 64.9 Å². The van der Waals surface area contributed by atoms with Gasteiger partial charge in [0.1, 0.15) is 0 Å². The lowest BCUT2D eigenvalue weighted by molar-refractivity contribution is 0.0954. The predicted molar refractivity (Wildman–Crippen MR) is 66.6 cm³/mol. The first-order valence-corrected chi connectivity index (χ1v) is 5.61. The van der Waals surface area contributed by atoms with Crippen molar-refractivity contribution in [3.05, 3.63) is 35.4 Å². The first kappa shape index (κ1) is 13.2. The molecule has 1 unspecified atom stereocenters. The number of aryl methyl sites for hydroxylation is 1. The van der Waals surface area contributed by atoms with Gasteiger partial charge in [-0.3, -0.25) is 4.79 Å². The molecule has 0 aliphatic heterocycles. The SMILES string of the molecule is Cc1ccc(C(=O)NCCNC(C)C#N)cc1. The van der Waals surface area contributed by atoms with Crippen LogP contribution in [0.25, 0.3) is 0 Å². The number of benzene rings is 1. The Kier molecular flexibility index (Phi) is 5.18. The lowest BCUT2D eigenvalue weighted by atomic mass is 10.1. The zero-order valence-corrected chi connectivity index (χ0v) is 10.2. The second-order valence-corrected chi connectivity index (χ2v) is 3.93. The Morgan fingerprint density at radius 1 is 1.35 bits per heavy atom. The van der Waals surface area contributed by atoms with Crippen molar-refractivity contribution in [1.82, 2.24) is 10.6 Å². The molecule has 2 N–H and O–H groups in total. The van der Waals surface area contributed by atoms with Crippen molar-refractivity contribution in [2.75, 3.05) is 13.1 Å². The van der Waals surface area contributed by atoms with E-state index in [1.165, 1.54) is 0 Å². The van der Waals surface area contributed by atoms with Gasteiger partial charge in [0.2, 0.25) is 0 Å². The molecule has 4 heteroatoms. The van der Waals surface area contributed by atoms with Crippen molar-refractivity contribution in [1.29, 1.82) is 5.26 Å². The highest BCUT2D eigenvalue weighted by Gasteiger charge is 2.04. The van der Waals surface area contributed by atoms with E-state index in [4.69, 9.17) is 5.26 Å². The molecule has 1 aromatic carbocycles. The van der Waals surface area contributed by atoms with Crippen LogP contribution in [0.5, 0.6) is 0 Å². The Labute approximate surface area is 102 Å². The fourth-order valence-corrected chi connectivity index (χ4v) is 1.32. The van der Waals surface area contributed by atoms with Crippen molar-refractivity contribution < 1.29 is 4.79 Å². The van der Waals surface area contributed by atoms with E-state index >= 15 is 0 Å². The smallest absolute Gasteiger partial charge is 0.251 e. The number of nitrogens with zero attached hydrogens (tertiary/aromatic N) is 1. The monoisotopic (exact) mass is 231 g/mol. The molecule has 0 aliphatic carbocycles. The Morgan fingerprint density at radius 2 is 2.00 bits per heavy atom. The summed E-state index contributed by atoms with van der Waals surface area (Å²) in [6.45, 7) is 4.86. The average Bonchev–Trinajstić information content (AvgIpc) is 2.34. The van der Waals surface area contributed by atoms with Gasteiger partial charge in [-0.2, -0.15) is 5.26 Å². The highest BCUT2D eigenvalue weighted by atomic mass is 16.1. The Hall–Kier alpha value is -1.86. The van der Waals surface area contributed by atoms with Crippen molar-refractivity contribution in [3.8, 4) is 6.07 Å². The van der Waals surface area contributed by atoms with E-state index in [9.17, 15) is 4.79 Å². The standard InChI is InChI=1S/C13H17N3O/c1-10-3-5-12(6-4-10)13(17)16-8-7-15-11(2)9-14/h3-6,11,15H,7-8H2,1-2H3,(H,16,17). The molecule has 0 aromatic heterocycles. The van der Waals surface area contributed by atoms with Gasteiger partial charge in [0.25, 0.3) is 5.91 Å². The van der Waals surface area contributed by atoms with Gasteiger partial charge in [-0.25, -0.2) is 0 Å². The van der Waals surface area contributed by atoms with Gasteiger partial charge >= 0.3 is 0 Å². The summed E-state index contributed by atoms with van der Waals surface area (Å²) < 4.78 is 0. The van der Waals surface area contributed by atoms with Gasteiger partial charge in [0.15, 0.2) is 0 Å². The summed E-state index contributed by atoms with van der Waals surface area (Å²) >= 11 is 0. The third-order valence-electron chi connectivity index (χ3n) is 2.37. The van der Waals surface area contributed by atoms with Crippen molar-refractivity contribution in [2.24, 2.45) is 0 Å². The molecule has 0 fully saturated rings. The summed E-state index contributed by atoms with van der Waals surface area (Å²) in [7, 11) is 0. The number of hydrogen-bond donors (Lipinski definition) is 2. The van der Waals surface area contributed by atoms with Crippen LogP contribution >= 0.6 is 0 Å². The number of amides is 1. The molecule has 1 amide bonds. The largest absolute Gasteiger partial charge is 0.351 e. The first-order valence-electron chi connectivity index (χ1n) is 5.61. The van der Waals surface area contributed by atoms with Gasteiger partial charge < -0.3 is 10.6 Å². The zero-order chi connectivity index (χ0) is 12.7. The fourth-order valence-electron chi connectivity index (χ4n) is 1.32. The second kappa shape index (κ2) is 6.66. The molecule has 90 valence electrons. The minimum absolute atomic E-state index is 0.0867. The van der Waals surface area contributed by atoms with Gasteiger partial charge in [-0.05, 0) is 26.0 Å². The summed E-state index contributed by atoms with van der Waals surface area (Å²) in [5, 5.41) is 14.3. The minimum atomic E-state index is -0.189. The van der Waals surface area contributed by atoms with E-state index in [1.807, 2.05) is 19.1 Å². The molecule has 0 saturated heterocycles. The lowest BCUT2D eigenvalue weighted by Crippen LogP contribution is -2.35. The molecule has 17 heavy (non-hydrogen) atoms. The van der Waals surface area contributed by atoms with Crippen molar-refractivity contribution in [2.45, 2.75) is 19.9 Å². The van der Waals surface area contributed by atoms with Gasteiger partial charge in [0.05, 0.1) is 12.1 Å². The molecular weight excluding hydrogens is 214 g/mol. The van der Waals surface area contributed by atoms with E-state index in [1.54, 1.807) is 19.1 Å². The normalized spacial score (nSPS) is 11.6. The molecule has 0 heterocycles. The lowest BCUT2D eigenvalue weighted by Gasteiger charge is -2.07. The van der Waals surface area contributed by atoms with Crippen molar-refractivity contribution in [3.63, 3.8) is 0 Å². The number of carbonyl (C=O) groups excluding carboxylic acids is 1. The quantitative estimate of drug-likeness (QED) is 0.749. The van der Waals surface area contributed by atoms with Crippen LogP contribution < -0.4 is 10.6 Å². The maximum atomic E-state index is 11.7. The molecule has 0 aliphatic rings. The highest BCUT2D eigenvalue weighted by Crippen LogP contribution is 2.02. The van der Waals surface area contributed by atoms with Gasteiger partial charge in [0, 0.05) is 18.7 Å². The predicted octanol–water partition coefficient (Wildman–Crippen LogP) is 1.23. The van der Waals surface area contributed by atoms with Gasteiger partial charge in [-0.15, -0.1) is 0 Å². The molecule has 0 radical (unpaired) electrons. The number of hydrogen-bond acceptors (Lipinski definition) is 3. The van der Waals surface area contributed by atoms with Crippen LogP contribution in [-0.4, -0.2) is 25.0 Å². The van der Waals surface area contributed by atoms with E-state index < -0.39 is 0 Å². The summed E-state index contributed by atoms with van der Waals surface area (Å²) in [5.74, 6) is -0.0867. The van der Waals surface area contributed by atoms with Crippen LogP contribution in [-0.2, 0) is 0 Å². The second-order valence-electron chi connectivity index (χ2n) is 3.93. The molecular formula is C13H17N3O. The van der Waals surface area contributed by atoms with E-state index in [0.29, 0.717) is 18.7 Å². The number of rotatable bonds is 5. The van der Waals surface area contributed by atoms with Crippen LogP contribution in [0.15, 0.2) is 24.3 Å². The Bertz CT molecular complexity index is 406. The Morgan fingerprint density at radius 3 is 2.59 bits per heavy atom. The molecule has 0 spiro atoms. The van der Waals surface area contributed by atoms with E-state index in [-0.39, 0.29) is 11.9 Å². The fraction of sp³-hybridized carbons (Fsp3) is 0.385. The molecule has 0 saturated carbocycles. The van der Waals surface area contributed by atoms with Crippen LogP contribution in [0.2, 0.25) is 0 Å². The van der Waals surface area contributed by atoms with Crippen LogP contribution in [0, 0.1) is 18.3 Å². The van der Waals surface area contributed by atoms with Crippen LogP contribution in [0.4, 0.5) is 0 Å². The highest BCUT2D eigenvalue weighted by molar-refractivity contribution is 5.94. The van der Waals surface area contributed by atoms with Gasteiger partial charge in [-0.1, -0.05) is 17.7 Å². The number of carbonyl (C=O) groups is 1. The Balaban J connectivity index is 2.31. The molecule has 4 nitrogen and oxygen atoms in total. The maximum Gasteiger partial charge on any atom is 0.251 e. The first-order chi connectivity index (χ1) is 8.13. The average molecular weight is 231 g/mol. The molecule has 0 bridgehead atoms. The van der Waals surface area contributed by atoms with E-state index in [2.05, 4.69) is 16.7 Å². The summed E-state index contributed by atoms with van der Waals surface area (Å²) in [6, 6.07) is 9.30. The maximum absolute atomic E-state index is 11.7. The van der Waals surface area contributed by atoms with Crippen LogP contribution in [0.3, 0.4) is 0 Å².